The first kappa shape index (κ1) is 33.1. The quantitative estimate of drug-likeness (QED) is 0.141. The molecule has 45 heavy (non-hydrogen) atoms. The summed E-state index contributed by atoms with van der Waals surface area (Å²) in [4.78, 5) is 63.8. The van der Waals surface area contributed by atoms with Crippen molar-refractivity contribution in [3.63, 3.8) is 0 Å². The monoisotopic (exact) mass is 689 g/mol. The van der Waals surface area contributed by atoms with Gasteiger partial charge in [-0.1, -0.05) is 23.4 Å². The van der Waals surface area contributed by atoms with Gasteiger partial charge >= 0.3 is 29.2 Å². The van der Waals surface area contributed by atoms with Gasteiger partial charge in [0, 0.05) is 23.7 Å². The summed E-state index contributed by atoms with van der Waals surface area (Å²) in [5, 5.41) is 9.93. The minimum absolute atomic E-state index is 0.00302. The standard InChI is InChI=1S/C23H26N5O14P3/c1-13-11-27(23(30)25-22(13)29)21-9-18(20(40-21)12-39-44(34,35)42-45(36,37)41-43(31,32)33)28-19(10-24-26-28)16-4-3-15-8-17(38-2)6-5-14(15)7-16/h3-8,10-11,18,20-21H,9,12H2,1-2H3,(H,34,35)(H,36,37)(H,25,29,30)(H2,31,32,33)/t18-,20+,21+/m0/s1. The summed E-state index contributed by atoms with van der Waals surface area (Å²) in [6.07, 6.45) is 0.468. The van der Waals surface area contributed by atoms with Crippen LogP contribution in [-0.2, 0) is 31.6 Å². The van der Waals surface area contributed by atoms with Crippen LogP contribution in [0.25, 0.3) is 22.0 Å². The minimum atomic E-state index is -5.77. The van der Waals surface area contributed by atoms with Crippen LogP contribution in [0.1, 0.15) is 24.3 Å². The molecule has 0 amide bonds. The van der Waals surface area contributed by atoms with Gasteiger partial charge in [0.1, 0.15) is 18.1 Å². The number of nitrogens with one attached hydrogen (secondary N) is 1. The number of ether oxygens (including phenoxy) is 2. The second-order valence-corrected chi connectivity index (χ2v) is 14.2. The SMILES string of the molecule is COc1ccc2cc(-c3cnnn3[C@H]3C[C@H](n4cc(C)c(=O)[nH]c4=O)O[C@@H]3COP(=O)(O)OP(=O)(O)OP(=O)(O)O)ccc2c1. The van der Waals surface area contributed by atoms with E-state index in [9.17, 15) is 33.1 Å². The van der Waals surface area contributed by atoms with Crippen molar-refractivity contribution in [2.75, 3.05) is 13.7 Å². The van der Waals surface area contributed by atoms with E-state index in [1.54, 1.807) is 19.2 Å². The molecule has 2 aromatic heterocycles. The second-order valence-electron chi connectivity index (χ2n) is 9.79. The van der Waals surface area contributed by atoms with E-state index in [2.05, 4.69) is 23.9 Å². The molecule has 1 aliphatic heterocycles. The highest BCUT2D eigenvalue weighted by Gasteiger charge is 2.44. The van der Waals surface area contributed by atoms with Crippen LogP contribution < -0.4 is 16.0 Å². The fourth-order valence-corrected chi connectivity index (χ4v) is 7.80. The van der Waals surface area contributed by atoms with E-state index in [1.165, 1.54) is 24.0 Å². The topological polar surface area (TPSA) is 264 Å². The molecule has 0 radical (unpaired) electrons. The van der Waals surface area contributed by atoms with Gasteiger partial charge in [0.15, 0.2) is 0 Å². The van der Waals surface area contributed by atoms with E-state index >= 15 is 0 Å². The number of benzene rings is 2. The predicted molar refractivity (Wildman–Crippen MR) is 153 cm³/mol. The van der Waals surface area contributed by atoms with Gasteiger partial charge in [-0.2, -0.15) is 8.62 Å². The lowest BCUT2D eigenvalue weighted by Crippen LogP contribution is -2.33. The average Bonchev–Trinajstić information content (AvgIpc) is 3.58. The Kier molecular flexibility index (Phi) is 9.16. The predicted octanol–water partition coefficient (Wildman–Crippen LogP) is 2.14. The van der Waals surface area contributed by atoms with Crippen LogP contribution in [0.15, 0.2) is 58.4 Å². The third kappa shape index (κ3) is 7.74. The van der Waals surface area contributed by atoms with Crippen molar-refractivity contribution in [2.24, 2.45) is 0 Å². The van der Waals surface area contributed by atoms with Gasteiger partial charge in [-0.15, -0.1) is 5.10 Å². The number of hydrogen-bond donors (Lipinski definition) is 5. The Balaban J connectivity index is 1.47. The number of aromatic nitrogens is 5. The first-order valence-electron chi connectivity index (χ1n) is 12.8. The maximum atomic E-state index is 12.6. The molecule has 242 valence electrons. The van der Waals surface area contributed by atoms with Crippen LogP contribution in [0.4, 0.5) is 0 Å². The highest BCUT2D eigenvalue weighted by atomic mass is 31.3. The maximum Gasteiger partial charge on any atom is 0.490 e. The van der Waals surface area contributed by atoms with E-state index in [-0.39, 0.29) is 12.0 Å². The molecule has 5 atom stereocenters. The highest BCUT2D eigenvalue weighted by Crippen LogP contribution is 2.66. The molecular weight excluding hydrogens is 663 g/mol. The van der Waals surface area contributed by atoms with Crippen LogP contribution in [0.2, 0.25) is 0 Å². The van der Waals surface area contributed by atoms with E-state index in [4.69, 9.17) is 23.8 Å². The summed E-state index contributed by atoms with van der Waals surface area (Å²) >= 11 is 0. The molecule has 3 heterocycles. The van der Waals surface area contributed by atoms with Gasteiger partial charge in [-0.05, 0) is 35.9 Å². The van der Waals surface area contributed by atoms with Crippen molar-refractivity contribution in [1.82, 2.24) is 24.5 Å². The molecule has 2 aromatic carbocycles. The molecule has 19 nitrogen and oxygen atoms in total. The summed E-state index contributed by atoms with van der Waals surface area (Å²) in [5.41, 5.74) is -0.0602. The number of fused-ring (bicyclic) bond motifs is 1. The number of phosphoric ester groups is 1. The van der Waals surface area contributed by atoms with Crippen LogP contribution in [0.3, 0.4) is 0 Å². The zero-order chi connectivity index (χ0) is 32.7. The van der Waals surface area contributed by atoms with Crippen molar-refractivity contribution < 1.29 is 55.9 Å². The smallest absolute Gasteiger partial charge is 0.490 e. The lowest BCUT2D eigenvalue weighted by Gasteiger charge is -2.22. The Labute approximate surface area is 252 Å². The van der Waals surface area contributed by atoms with Crippen LogP contribution in [0, 0.1) is 6.92 Å². The summed E-state index contributed by atoms with van der Waals surface area (Å²) in [7, 11) is -15.3. The van der Waals surface area contributed by atoms with Crippen LogP contribution >= 0.6 is 23.5 Å². The highest BCUT2D eigenvalue weighted by molar-refractivity contribution is 7.66. The van der Waals surface area contributed by atoms with Crippen molar-refractivity contribution in [2.45, 2.75) is 31.7 Å². The fourth-order valence-electron chi connectivity index (χ4n) is 4.77. The van der Waals surface area contributed by atoms with E-state index in [1.807, 2.05) is 24.3 Å². The van der Waals surface area contributed by atoms with E-state index in [0.29, 0.717) is 17.0 Å². The maximum absolute atomic E-state index is 12.6. The Morgan fingerprint density at radius 1 is 1.02 bits per heavy atom. The summed E-state index contributed by atoms with van der Waals surface area (Å²) in [6, 6.07) is 10.2. The molecule has 5 N–H and O–H groups in total. The van der Waals surface area contributed by atoms with Gasteiger partial charge in [0.25, 0.3) is 5.56 Å². The second kappa shape index (κ2) is 12.5. The largest absolute Gasteiger partial charge is 0.497 e. The Morgan fingerprint density at radius 3 is 2.44 bits per heavy atom. The van der Waals surface area contributed by atoms with Gasteiger partial charge in [0.2, 0.25) is 0 Å². The van der Waals surface area contributed by atoms with Crippen molar-refractivity contribution >= 4 is 34.2 Å². The number of rotatable bonds is 11. The third-order valence-electron chi connectivity index (χ3n) is 6.71. The van der Waals surface area contributed by atoms with E-state index in [0.717, 1.165) is 15.3 Å². The normalized spacial score (nSPS) is 21.4. The first-order valence-corrected chi connectivity index (χ1v) is 17.3. The molecule has 1 aliphatic rings. The number of aryl methyl sites for hydroxylation is 1. The molecule has 1 saturated heterocycles. The molecule has 4 aromatic rings. The van der Waals surface area contributed by atoms with Crippen LogP contribution in [0.5, 0.6) is 5.75 Å². The van der Waals surface area contributed by atoms with Gasteiger partial charge in [-0.3, -0.25) is 18.9 Å². The number of phosphoric acid groups is 3. The van der Waals surface area contributed by atoms with Crippen molar-refractivity contribution in [3.05, 3.63) is 75.2 Å². The molecule has 0 aliphatic carbocycles. The lowest BCUT2D eigenvalue weighted by atomic mass is 10.0. The number of H-pyrrole nitrogens is 1. The van der Waals surface area contributed by atoms with Crippen molar-refractivity contribution in [3.8, 4) is 17.0 Å². The molecule has 1 fully saturated rings. The molecule has 0 saturated carbocycles. The zero-order valence-corrected chi connectivity index (χ0v) is 26.0. The number of methoxy groups -OCH3 is 1. The molecule has 0 bridgehead atoms. The van der Waals surface area contributed by atoms with Crippen molar-refractivity contribution in [1.29, 1.82) is 0 Å². The van der Waals surface area contributed by atoms with Gasteiger partial charge < -0.3 is 29.0 Å². The number of nitrogens with zero attached hydrogens (tertiary/aromatic N) is 4. The first-order chi connectivity index (χ1) is 21.0. The Morgan fingerprint density at radius 2 is 1.73 bits per heavy atom. The van der Waals surface area contributed by atoms with E-state index < -0.39 is 59.7 Å². The molecule has 0 spiro atoms. The molecule has 22 heteroatoms. The van der Waals surface area contributed by atoms with Gasteiger partial charge in [-0.25, -0.2) is 23.2 Å². The average molecular weight is 689 g/mol. The minimum Gasteiger partial charge on any atom is -0.497 e. The summed E-state index contributed by atoms with van der Waals surface area (Å²) < 4.78 is 61.4. The molecular formula is C23H26N5O14P3. The Bertz CT molecular complexity index is 2000. The summed E-state index contributed by atoms with van der Waals surface area (Å²) in [6.45, 7) is 0.650. The zero-order valence-electron chi connectivity index (χ0n) is 23.3. The van der Waals surface area contributed by atoms with Crippen LogP contribution in [-0.4, -0.2) is 63.9 Å². The molecule has 5 rings (SSSR count). The summed E-state index contributed by atoms with van der Waals surface area (Å²) in [5.74, 6) is 0.669. The number of hydrogen-bond acceptors (Lipinski definition) is 12. The lowest BCUT2D eigenvalue weighted by molar-refractivity contribution is -0.0317. The molecule has 2 unspecified atom stereocenters. The third-order valence-corrected chi connectivity index (χ3v) is 10.5. The fraction of sp³-hybridized carbons (Fsp3) is 0.304. The Hall–Kier alpha value is -3.31. The number of aromatic amines is 1. The van der Waals surface area contributed by atoms with Gasteiger partial charge in [0.05, 0.1) is 31.6 Å².